The van der Waals surface area contributed by atoms with Crippen LogP contribution in [-0.2, 0) is 9.31 Å². The Kier molecular flexibility index (Phi) is 4.10. The van der Waals surface area contributed by atoms with E-state index in [0.717, 1.165) is 6.42 Å². The van der Waals surface area contributed by atoms with E-state index in [0.29, 0.717) is 17.8 Å². The van der Waals surface area contributed by atoms with Crippen LogP contribution in [0.5, 0.6) is 0 Å². The molecule has 0 aromatic heterocycles. The summed E-state index contributed by atoms with van der Waals surface area (Å²) in [6.45, 7) is 14.2. The fraction of sp³-hybridized carbons (Fsp3) is 0.692. The Hall–Kier alpha value is -0.735. The predicted octanol–water partition coefficient (Wildman–Crippen LogP) is 3.27. The van der Waals surface area contributed by atoms with E-state index in [1.54, 1.807) is 6.08 Å². The zero-order chi connectivity index (χ0) is 13.3. The highest BCUT2D eigenvalue weighted by Gasteiger charge is 2.41. The van der Waals surface area contributed by atoms with Crippen molar-refractivity contribution < 1.29 is 14.4 Å². The highest BCUT2D eigenvalue weighted by Crippen LogP contribution is 2.34. The third-order valence-corrected chi connectivity index (χ3v) is 3.28. The van der Waals surface area contributed by atoms with Crippen LogP contribution in [0.1, 0.15) is 41.0 Å². The third-order valence-electron chi connectivity index (χ3n) is 3.28. The number of hydrogen-bond donors (Lipinski definition) is 1. The van der Waals surface area contributed by atoms with Crippen molar-refractivity contribution >= 4 is 7.12 Å². The quantitative estimate of drug-likeness (QED) is 0.464. The largest absolute Gasteiger partial charge is 0.512 e. The van der Waals surface area contributed by atoms with Crippen molar-refractivity contribution in [2.75, 3.05) is 6.61 Å². The Morgan fingerprint density at radius 3 is 2.47 bits per heavy atom. The molecule has 3 nitrogen and oxygen atoms in total. The first-order chi connectivity index (χ1) is 7.73. The van der Waals surface area contributed by atoms with Gasteiger partial charge in [-0.1, -0.05) is 33.4 Å². The first kappa shape index (κ1) is 14.3. The van der Waals surface area contributed by atoms with Crippen LogP contribution in [0.25, 0.3) is 0 Å². The third kappa shape index (κ3) is 3.14. The molecular weight excluding hydrogens is 215 g/mol. The van der Waals surface area contributed by atoms with E-state index < -0.39 is 7.12 Å². The lowest BCUT2D eigenvalue weighted by atomic mass is 9.72. The van der Waals surface area contributed by atoms with Crippen molar-refractivity contribution in [1.82, 2.24) is 0 Å². The molecule has 0 aromatic carbocycles. The topological polar surface area (TPSA) is 38.7 Å². The van der Waals surface area contributed by atoms with Crippen molar-refractivity contribution in [1.29, 1.82) is 0 Å². The molecule has 1 aliphatic heterocycles. The molecule has 1 rings (SSSR count). The van der Waals surface area contributed by atoms with Gasteiger partial charge in [0.1, 0.15) is 0 Å². The molecule has 0 saturated carbocycles. The van der Waals surface area contributed by atoms with Crippen molar-refractivity contribution in [3.8, 4) is 0 Å². The second-order valence-electron chi connectivity index (χ2n) is 5.77. The lowest BCUT2D eigenvalue weighted by Crippen LogP contribution is -2.28. The second kappa shape index (κ2) is 4.87. The van der Waals surface area contributed by atoms with Gasteiger partial charge in [0.05, 0.1) is 18.0 Å². The molecule has 0 aromatic rings. The monoisotopic (exact) mass is 238 g/mol. The van der Waals surface area contributed by atoms with Gasteiger partial charge in [-0.3, -0.25) is 0 Å². The molecule has 0 radical (unpaired) electrons. The van der Waals surface area contributed by atoms with Crippen LogP contribution >= 0.6 is 0 Å². The lowest BCUT2D eigenvalue weighted by Gasteiger charge is -2.25. The number of aliphatic hydroxyl groups excluding tert-OH is 1. The van der Waals surface area contributed by atoms with Gasteiger partial charge in [0.2, 0.25) is 0 Å². The number of aliphatic hydroxyl groups is 1. The summed E-state index contributed by atoms with van der Waals surface area (Å²) >= 11 is 0. The minimum absolute atomic E-state index is 0.289. The van der Waals surface area contributed by atoms with Gasteiger partial charge >= 0.3 is 7.12 Å². The maximum absolute atomic E-state index is 10.3. The standard InChI is InChI=1S/C13H23BO3/c1-7-10(11(15)12(3,4)8-2)14-16-9-13(5,6)17-14/h7,15H,1,8-9H2,2-6H3/b11-10-. The molecule has 0 aliphatic carbocycles. The summed E-state index contributed by atoms with van der Waals surface area (Å²) in [5.74, 6) is 0.303. The number of hydrogen-bond acceptors (Lipinski definition) is 3. The minimum atomic E-state index is -0.506. The van der Waals surface area contributed by atoms with E-state index >= 15 is 0 Å². The fourth-order valence-corrected chi connectivity index (χ4v) is 1.65. The molecule has 96 valence electrons. The molecule has 0 spiro atoms. The highest BCUT2D eigenvalue weighted by atomic mass is 16.7. The maximum Gasteiger partial charge on any atom is 0.497 e. The van der Waals surface area contributed by atoms with E-state index in [4.69, 9.17) is 9.31 Å². The first-order valence-corrected chi connectivity index (χ1v) is 6.09. The van der Waals surface area contributed by atoms with Crippen LogP contribution in [0.3, 0.4) is 0 Å². The lowest BCUT2D eigenvalue weighted by molar-refractivity contribution is 0.136. The summed E-state index contributed by atoms with van der Waals surface area (Å²) in [4.78, 5) is 0. The van der Waals surface area contributed by atoms with Gasteiger partial charge in [0.25, 0.3) is 0 Å². The Labute approximate surface area is 105 Å². The summed E-state index contributed by atoms with van der Waals surface area (Å²) in [6.07, 6.45) is 2.46. The Morgan fingerprint density at radius 1 is 1.53 bits per heavy atom. The predicted molar refractivity (Wildman–Crippen MR) is 70.8 cm³/mol. The SMILES string of the molecule is C=C/C(B1OCC(C)(C)O1)=C(/O)C(C)(C)CC. The van der Waals surface area contributed by atoms with Crippen molar-refractivity contribution in [2.24, 2.45) is 5.41 Å². The van der Waals surface area contributed by atoms with Crippen LogP contribution in [0.2, 0.25) is 0 Å². The highest BCUT2D eigenvalue weighted by molar-refractivity contribution is 6.55. The van der Waals surface area contributed by atoms with Gasteiger partial charge in [0.15, 0.2) is 0 Å². The molecule has 1 fully saturated rings. The molecular formula is C13H23BO3. The molecule has 17 heavy (non-hydrogen) atoms. The molecule has 0 amide bonds. The smallest absolute Gasteiger partial charge is 0.497 e. The van der Waals surface area contributed by atoms with E-state index in [1.807, 2.05) is 34.6 Å². The van der Waals surface area contributed by atoms with E-state index in [-0.39, 0.29) is 11.0 Å². The van der Waals surface area contributed by atoms with Crippen molar-refractivity contribution in [3.63, 3.8) is 0 Å². The van der Waals surface area contributed by atoms with Crippen LogP contribution in [0.4, 0.5) is 0 Å². The average Bonchev–Trinajstić information content (AvgIpc) is 2.60. The zero-order valence-electron chi connectivity index (χ0n) is 11.5. The normalized spacial score (nSPS) is 21.4. The molecule has 4 heteroatoms. The molecule has 0 unspecified atom stereocenters. The second-order valence-corrected chi connectivity index (χ2v) is 5.77. The maximum atomic E-state index is 10.3. The Bertz CT molecular complexity index is 332. The van der Waals surface area contributed by atoms with Crippen LogP contribution in [0, 0.1) is 5.41 Å². The molecule has 1 aliphatic rings. The zero-order valence-corrected chi connectivity index (χ0v) is 11.5. The minimum Gasteiger partial charge on any atom is -0.512 e. The van der Waals surface area contributed by atoms with Gasteiger partial charge < -0.3 is 14.4 Å². The van der Waals surface area contributed by atoms with Crippen molar-refractivity contribution in [3.05, 3.63) is 23.9 Å². The summed E-state index contributed by atoms with van der Waals surface area (Å²) in [5.41, 5.74) is 0.0425. The van der Waals surface area contributed by atoms with Gasteiger partial charge in [-0.2, -0.15) is 0 Å². The molecule has 1 heterocycles. The van der Waals surface area contributed by atoms with Gasteiger partial charge in [0, 0.05) is 10.9 Å². The Morgan fingerprint density at radius 2 is 2.12 bits per heavy atom. The van der Waals surface area contributed by atoms with Crippen molar-refractivity contribution in [2.45, 2.75) is 46.6 Å². The summed E-state index contributed by atoms with van der Waals surface area (Å²) in [7, 11) is -0.506. The number of allylic oxidation sites excluding steroid dienone is 3. The molecule has 0 bridgehead atoms. The van der Waals surface area contributed by atoms with Crippen LogP contribution in [-0.4, -0.2) is 24.4 Å². The first-order valence-electron chi connectivity index (χ1n) is 6.09. The van der Waals surface area contributed by atoms with Gasteiger partial charge in [-0.05, 0) is 20.3 Å². The average molecular weight is 238 g/mol. The molecule has 1 N–H and O–H groups in total. The molecule has 0 atom stereocenters. The summed E-state index contributed by atoms with van der Waals surface area (Å²) in [5, 5.41) is 10.3. The van der Waals surface area contributed by atoms with E-state index in [2.05, 4.69) is 6.58 Å². The summed E-state index contributed by atoms with van der Waals surface area (Å²) in [6, 6.07) is 0. The van der Waals surface area contributed by atoms with E-state index in [9.17, 15) is 5.11 Å². The van der Waals surface area contributed by atoms with Crippen LogP contribution < -0.4 is 0 Å². The van der Waals surface area contributed by atoms with Crippen LogP contribution in [0.15, 0.2) is 23.9 Å². The van der Waals surface area contributed by atoms with Gasteiger partial charge in [-0.25, -0.2) is 0 Å². The summed E-state index contributed by atoms with van der Waals surface area (Å²) < 4.78 is 11.3. The number of rotatable bonds is 4. The fourth-order valence-electron chi connectivity index (χ4n) is 1.65. The van der Waals surface area contributed by atoms with E-state index in [1.165, 1.54) is 0 Å². The van der Waals surface area contributed by atoms with Gasteiger partial charge in [-0.15, -0.1) is 0 Å². The Balaban J connectivity index is 3.00. The molecule has 1 saturated heterocycles.